The van der Waals surface area contributed by atoms with E-state index in [0.29, 0.717) is 6.42 Å². The Morgan fingerprint density at radius 1 is 1.29 bits per heavy atom. The molecule has 0 heterocycles. The number of hydrogen-bond donors (Lipinski definition) is 1. The zero-order chi connectivity index (χ0) is 11.2. The summed E-state index contributed by atoms with van der Waals surface area (Å²) in [6.45, 7) is 0. The minimum absolute atomic E-state index is 0.111. The summed E-state index contributed by atoms with van der Waals surface area (Å²) in [4.78, 5) is 0. The van der Waals surface area contributed by atoms with Gasteiger partial charge in [-0.05, 0) is 13.5 Å². The lowest BCUT2D eigenvalue weighted by Gasteiger charge is -2.23. The van der Waals surface area contributed by atoms with E-state index in [1.54, 1.807) is 7.05 Å². The molecule has 0 aromatic carbocycles. The third kappa shape index (κ3) is 5.54. The highest BCUT2D eigenvalue weighted by molar-refractivity contribution is 7.90. The molecule has 0 saturated carbocycles. The first kappa shape index (κ1) is 13.8. The van der Waals surface area contributed by atoms with Crippen LogP contribution in [0.5, 0.6) is 0 Å². The van der Waals surface area contributed by atoms with Crippen LogP contribution in [0.3, 0.4) is 0 Å². The minimum atomic E-state index is -2.93. The van der Waals surface area contributed by atoms with Crippen molar-refractivity contribution < 1.29 is 17.9 Å². The maximum Gasteiger partial charge on any atom is 0.172 e. The SMILES string of the molecule is CNC(CCS(C)(=O)=O)C(OC)OC. The van der Waals surface area contributed by atoms with Crippen LogP contribution in [0.25, 0.3) is 0 Å². The Morgan fingerprint density at radius 3 is 2.07 bits per heavy atom. The summed E-state index contributed by atoms with van der Waals surface area (Å²) >= 11 is 0. The van der Waals surface area contributed by atoms with E-state index < -0.39 is 16.1 Å². The Bertz CT molecular complexity index is 236. The van der Waals surface area contributed by atoms with E-state index in [0.717, 1.165) is 0 Å². The highest BCUT2D eigenvalue weighted by Gasteiger charge is 2.20. The normalized spacial score (nSPS) is 14.6. The van der Waals surface area contributed by atoms with E-state index in [4.69, 9.17) is 9.47 Å². The van der Waals surface area contributed by atoms with Crippen LogP contribution in [-0.2, 0) is 19.3 Å². The number of nitrogens with one attached hydrogen (secondary N) is 1. The first-order valence-corrected chi connectivity index (χ1v) is 6.41. The molecule has 0 aliphatic rings. The molecule has 0 spiro atoms. The molecule has 1 atom stereocenters. The Kier molecular flexibility index (Phi) is 6.26. The molecule has 1 N–H and O–H groups in total. The second-order valence-corrected chi connectivity index (χ2v) is 5.41. The van der Waals surface area contributed by atoms with Crippen LogP contribution in [0.2, 0.25) is 0 Å². The van der Waals surface area contributed by atoms with Crippen LogP contribution in [0.15, 0.2) is 0 Å². The van der Waals surface area contributed by atoms with Crippen molar-refractivity contribution in [1.29, 1.82) is 0 Å². The molecule has 86 valence electrons. The molecule has 0 aromatic heterocycles. The van der Waals surface area contributed by atoms with Crippen molar-refractivity contribution in [1.82, 2.24) is 5.32 Å². The van der Waals surface area contributed by atoms with Crippen LogP contribution in [-0.4, -0.2) is 54.0 Å². The highest BCUT2D eigenvalue weighted by Crippen LogP contribution is 2.05. The molecule has 14 heavy (non-hydrogen) atoms. The summed E-state index contributed by atoms with van der Waals surface area (Å²) < 4.78 is 32.0. The van der Waals surface area contributed by atoms with Gasteiger partial charge in [-0.1, -0.05) is 0 Å². The molecule has 0 bridgehead atoms. The van der Waals surface area contributed by atoms with Crippen LogP contribution < -0.4 is 5.32 Å². The van der Waals surface area contributed by atoms with Crippen LogP contribution in [0, 0.1) is 0 Å². The van der Waals surface area contributed by atoms with Crippen molar-refractivity contribution in [3.05, 3.63) is 0 Å². The third-order valence-electron chi connectivity index (χ3n) is 1.96. The zero-order valence-electron chi connectivity index (χ0n) is 9.11. The van der Waals surface area contributed by atoms with Crippen molar-refractivity contribution in [3.8, 4) is 0 Å². The molecule has 0 radical (unpaired) electrons. The number of ether oxygens (including phenoxy) is 2. The smallest absolute Gasteiger partial charge is 0.172 e. The monoisotopic (exact) mass is 225 g/mol. The van der Waals surface area contributed by atoms with Crippen molar-refractivity contribution in [3.63, 3.8) is 0 Å². The number of methoxy groups -OCH3 is 2. The second-order valence-electron chi connectivity index (χ2n) is 3.15. The van der Waals surface area contributed by atoms with Gasteiger partial charge >= 0.3 is 0 Å². The van der Waals surface area contributed by atoms with Crippen molar-refractivity contribution in [2.75, 3.05) is 33.3 Å². The van der Waals surface area contributed by atoms with Gasteiger partial charge in [0.05, 0.1) is 11.8 Å². The largest absolute Gasteiger partial charge is 0.354 e. The van der Waals surface area contributed by atoms with Gasteiger partial charge in [0.2, 0.25) is 0 Å². The van der Waals surface area contributed by atoms with Gasteiger partial charge in [-0.3, -0.25) is 0 Å². The van der Waals surface area contributed by atoms with Crippen molar-refractivity contribution >= 4 is 9.84 Å². The summed E-state index contributed by atoms with van der Waals surface area (Å²) in [5.74, 6) is 0.127. The van der Waals surface area contributed by atoms with Gasteiger partial charge in [-0.25, -0.2) is 8.42 Å². The fraction of sp³-hybridized carbons (Fsp3) is 1.00. The molecule has 0 rings (SSSR count). The molecule has 0 fully saturated rings. The predicted molar refractivity (Wildman–Crippen MR) is 55.0 cm³/mol. The Labute approximate surface area is 85.7 Å². The van der Waals surface area contributed by atoms with E-state index in [1.165, 1.54) is 20.5 Å². The molecule has 0 aromatic rings. The van der Waals surface area contributed by atoms with Crippen molar-refractivity contribution in [2.24, 2.45) is 0 Å². The van der Waals surface area contributed by atoms with Gasteiger partial charge in [0.15, 0.2) is 6.29 Å². The number of sulfone groups is 1. The standard InChI is InChI=1S/C8H19NO4S/c1-9-7(8(12-2)13-3)5-6-14(4,10)11/h7-9H,5-6H2,1-4H3. The molecule has 0 aliphatic heterocycles. The molecule has 0 aliphatic carbocycles. The summed E-state index contributed by atoms with van der Waals surface area (Å²) in [6, 6.07) is -0.111. The van der Waals surface area contributed by atoms with E-state index in [2.05, 4.69) is 5.32 Å². The minimum Gasteiger partial charge on any atom is -0.354 e. The first-order chi connectivity index (χ1) is 6.44. The van der Waals surface area contributed by atoms with Gasteiger partial charge in [-0.2, -0.15) is 0 Å². The summed E-state index contributed by atoms with van der Waals surface area (Å²) in [5.41, 5.74) is 0. The number of rotatable bonds is 7. The van der Waals surface area contributed by atoms with E-state index in [9.17, 15) is 8.42 Å². The lowest BCUT2D eigenvalue weighted by molar-refractivity contribution is -0.122. The highest BCUT2D eigenvalue weighted by atomic mass is 32.2. The van der Waals surface area contributed by atoms with Gasteiger partial charge in [0.1, 0.15) is 9.84 Å². The predicted octanol–water partition coefficient (Wildman–Crippen LogP) is -0.372. The molecular formula is C8H19NO4S. The molecular weight excluding hydrogens is 206 g/mol. The third-order valence-corrected chi connectivity index (χ3v) is 2.94. The van der Waals surface area contributed by atoms with Gasteiger partial charge in [-0.15, -0.1) is 0 Å². The Balaban J connectivity index is 4.14. The summed E-state index contributed by atoms with van der Waals surface area (Å²) in [5, 5.41) is 2.96. The van der Waals surface area contributed by atoms with E-state index in [-0.39, 0.29) is 11.8 Å². The Morgan fingerprint density at radius 2 is 1.79 bits per heavy atom. The average Bonchev–Trinajstić information content (AvgIpc) is 2.10. The summed E-state index contributed by atoms with van der Waals surface area (Å²) in [7, 11) is 1.87. The molecule has 1 unspecified atom stereocenters. The fourth-order valence-electron chi connectivity index (χ4n) is 1.18. The molecule has 0 saturated heterocycles. The zero-order valence-corrected chi connectivity index (χ0v) is 9.93. The average molecular weight is 225 g/mol. The lowest BCUT2D eigenvalue weighted by Crippen LogP contribution is -2.41. The number of hydrogen-bond acceptors (Lipinski definition) is 5. The first-order valence-electron chi connectivity index (χ1n) is 4.35. The van der Waals surface area contributed by atoms with Crippen LogP contribution in [0.1, 0.15) is 6.42 Å². The molecule has 0 amide bonds. The maximum absolute atomic E-state index is 10.9. The van der Waals surface area contributed by atoms with Gasteiger partial charge in [0, 0.05) is 20.5 Å². The Hall–Kier alpha value is -0.170. The molecule has 6 heteroatoms. The van der Waals surface area contributed by atoms with Gasteiger partial charge < -0.3 is 14.8 Å². The molecule has 5 nitrogen and oxygen atoms in total. The van der Waals surface area contributed by atoms with Crippen LogP contribution >= 0.6 is 0 Å². The topological polar surface area (TPSA) is 64.6 Å². The van der Waals surface area contributed by atoms with E-state index >= 15 is 0 Å². The van der Waals surface area contributed by atoms with Gasteiger partial charge in [0.25, 0.3) is 0 Å². The second kappa shape index (κ2) is 6.34. The van der Waals surface area contributed by atoms with Crippen molar-refractivity contribution in [2.45, 2.75) is 18.8 Å². The van der Waals surface area contributed by atoms with E-state index in [1.807, 2.05) is 0 Å². The lowest BCUT2D eigenvalue weighted by atomic mass is 10.2. The van der Waals surface area contributed by atoms with Crippen LogP contribution in [0.4, 0.5) is 0 Å². The number of likely N-dealkylation sites (N-methyl/N-ethyl adjacent to an activating group) is 1. The quantitative estimate of drug-likeness (QED) is 0.599. The fourth-order valence-corrected chi connectivity index (χ4v) is 1.86. The summed E-state index contributed by atoms with van der Waals surface area (Å²) in [6.07, 6.45) is 1.28. The maximum atomic E-state index is 10.9.